The summed E-state index contributed by atoms with van der Waals surface area (Å²) in [6.45, 7) is 6.12. The minimum atomic E-state index is -2.09. The summed E-state index contributed by atoms with van der Waals surface area (Å²) in [6, 6.07) is 2.05. The standard InChI is InChI=1S/C19H27BO10Si/c1-25-10-29-14-8-13-15(17(21)12(9-28-13)20(23)24)16(18(14)30-11-26-2)19(22)27-6-7-31(3,4)5/h8-9,23-24H,6-7,10-11H2,1-5H3. The van der Waals surface area contributed by atoms with Crippen molar-refractivity contribution in [2.75, 3.05) is 34.4 Å². The molecule has 0 amide bonds. The van der Waals surface area contributed by atoms with E-state index < -0.39 is 32.1 Å². The van der Waals surface area contributed by atoms with Gasteiger partial charge in [0.25, 0.3) is 0 Å². The van der Waals surface area contributed by atoms with Crippen molar-refractivity contribution in [2.24, 2.45) is 0 Å². The summed E-state index contributed by atoms with van der Waals surface area (Å²) >= 11 is 0. The zero-order valence-electron chi connectivity index (χ0n) is 18.2. The molecule has 170 valence electrons. The van der Waals surface area contributed by atoms with Crippen LogP contribution in [-0.2, 0) is 14.2 Å². The van der Waals surface area contributed by atoms with Crippen molar-refractivity contribution in [3.63, 3.8) is 0 Å². The number of ether oxygens (including phenoxy) is 5. The Balaban J connectivity index is 2.71. The SMILES string of the molecule is COCOc1cc2occ(B(O)O)c(=O)c2c(C(=O)OCC[Si](C)(C)C)c1OCOC. The van der Waals surface area contributed by atoms with Crippen LogP contribution >= 0.6 is 0 Å². The van der Waals surface area contributed by atoms with Crippen LogP contribution < -0.4 is 20.4 Å². The molecule has 1 aromatic carbocycles. The van der Waals surface area contributed by atoms with Gasteiger partial charge in [0.1, 0.15) is 11.1 Å². The highest BCUT2D eigenvalue weighted by molar-refractivity contribution is 6.76. The molecule has 2 rings (SSSR count). The Morgan fingerprint density at radius 1 is 1.13 bits per heavy atom. The van der Waals surface area contributed by atoms with E-state index >= 15 is 0 Å². The number of hydrogen-bond donors (Lipinski definition) is 2. The molecule has 0 spiro atoms. The molecule has 0 aliphatic rings. The second-order valence-corrected chi connectivity index (χ2v) is 13.5. The fourth-order valence-corrected chi connectivity index (χ4v) is 3.36. The minimum Gasteiger partial charge on any atom is -0.464 e. The lowest BCUT2D eigenvalue weighted by molar-refractivity contribution is 0.0299. The maximum atomic E-state index is 13.1. The molecule has 2 N–H and O–H groups in total. The first-order valence-electron chi connectivity index (χ1n) is 9.49. The molecule has 0 saturated carbocycles. The van der Waals surface area contributed by atoms with E-state index in [0.29, 0.717) is 6.04 Å². The fraction of sp³-hybridized carbons (Fsp3) is 0.474. The van der Waals surface area contributed by atoms with Crippen molar-refractivity contribution in [3.8, 4) is 11.5 Å². The molecule has 12 heteroatoms. The van der Waals surface area contributed by atoms with Crippen molar-refractivity contribution in [1.29, 1.82) is 0 Å². The molecular formula is C19H27BO10Si. The summed E-state index contributed by atoms with van der Waals surface area (Å²) in [6.07, 6.45) is 0.908. The Kier molecular flexibility index (Phi) is 8.65. The van der Waals surface area contributed by atoms with Gasteiger partial charge < -0.3 is 38.1 Å². The van der Waals surface area contributed by atoms with Crippen LogP contribution in [-0.4, -0.2) is 65.6 Å². The number of carbonyl (C=O) groups is 1. The number of carbonyl (C=O) groups excluding carboxylic acids is 1. The van der Waals surface area contributed by atoms with E-state index in [9.17, 15) is 19.6 Å². The predicted octanol–water partition coefficient (Wildman–Crippen LogP) is 0.933. The number of fused-ring (bicyclic) bond motifs is 1. The molecule has 31 heavy (non-hydrogen) atoms. The van der Waals surface area contributed by atoms with Gasteiger partial charge in [0.05, 0.1) is 23.7 Å². The Labute approximate surface area is 180 Å². The van der Waals surface area contributed by atoms with Gasteiger partial charge in [-0.05, 0) is 6.04 Å². The number of hydrogen-bond acceptors (Lipinski definition) is 10. The molecule has 0 aliphatic carbocycles. The second kappa shape index (κ2) is 10.8. The molecule has 1 heterocycles. The van der Waals surface area contributed by atoms with Crippen molar-refractivity contribution in [1.82, 2.24) is 0 Å². The van der Waals surface area contributed by atoms with E-state index in [-0.39, 0.29) is 48.2 Å². The highest BCUT2D eigenvalue weighted by atomic mass is 28.3. The number of rotatable bonds is 11. The fourth-order valence-electron chi connectivity index (χ4n) is 2.65. The normalized spacial score (nSPS) is 11.5. The van der Waals surface area contributed by atoms with Crippen LogP contribution in [0.5, 0.6) is 11.5 Å². The predicted molar refractivity (Wildman–Crippen MR) is 116 cm³/mol. The number of benzene rings is 1. The molecule has 0 bridgehead atoms. The quantitative estimate of drug-likeness (QED) is 0.287. The molecule has 10 nitrogen and oxygen atoms in total. The van der Waals surface area contributed by atoms with Crippen LogP contribution in [0.25, 0.3) is 11.0 Å². The molecule has 0 fully saturated rings. The number of esters is 1. The highest BCUT2D eigenvalue weighted by Gasteiger charge is 2.29. The summed E-state index contributed by atoms with van der Waals surface area (Å²) in [4.78, 5) is 26.0. The van der Waals surface area contributed by atoms with Gasteiger partial charge in [0, 0.05) is 28.4 Å². The van der Waals surface area contributed by atoms with E-state index in [1.54, 1.807) is 0 Å². The van der Waals surface area contributed by atoms with Gasteiger partial charge in [-0.15, -0.1) is 0 Å². The van der Waals surface area contributed by atoms with Gasteiger partial charge in [0.2, 0.25) is 0 Å². The second-order valence-electron chi connectivity index (χ2n) is 7.89. The summed E-state index contributed by atoms with van der Waals surface area (Å²) in [5.41, 5.74) is -1.53. The van der Waals surface area contributed by atoms with Crippen LogP contribution in [0.4, 0.5) is 0 Å². The molecule has 2 aromatic rings. The Morgan fingerprint density at radius 3 is 2.35 bits per heavy atom. The van der Waals surface area contributed by atoms with E-state index in [1.807, 2.05) is 0 Å². The summed E-state index contributed by atoms with van der Waals surface area (Å²) < 4.78 is 31.7. The zero-order chi connectivity index (χ0) is 23.2. The van der Waals surface area contributed by atoms with Gasteiger partial charge in [0.15, 0.2) is 30.5 Å². The van der Waals surface area contributed by atoms with Crippen LogP contribution in [0, 0.1) is 0 Å². The first-order valence-corrected chi connectivity index (χ1v) is 13.2. The molecule has 0 saturated heterocycles. The Hall–Kier alpha value is -2.38. The van der Waals surface area contributed by atoms with Crippen molar-refractivity contribution in [2.45, 2.75) is 25.7 Å². The van der Waals surface area contributed by atoms with Crippen molar-refractivity contribution < 1.29 is 42.9 Å². The number of methoxy groups -OCH3 is 2. The lowest BCUT2D eigenvalue weighted by atomic mass is 9.80. The third kappa shape index (κ3) is 6.31. The van der Waals surface area contributed by atoms with Crippen LogP contribution in [0.3, 0.4) is 0 Å². The van der Waals surface area contributed by atoms with Gasteiger partial charge in [-0.2, -0.15) is 0 Å². The average molecular weight is 454 g/mol. The molecular weight excluding hydrogens is 427 g/mol. The van der Waals surface area contributed by atoms with E-state index in [0.717, 1.165) is 6.26 Å². The topological polar surface area (TPSA) is 134 Å². The van der Waals surface area contributed by atoms with Gasteiger partial charge in [-0.3, -0.25) is 4.79 Å². The summed E-state index contributed by atoms with van der Waals surface area (Å²) in [5, 5.41) is 18.8. The first kappa shape index (κ1) is 24.9. The maximum Gasteiger partial charge on any atom is 0.495 e. The van der Waals surface area contributed by atoms with Crippen LogP contribution in [0.15, 0.2) is 21.5 Å². The Bertz CT molecular complexity index is 967. The molecule has 0 aliphatic heterocycles. The third-order valence-electron chi connectivity index (χ3n) is 4.23. The van der Waals surface area contributed by atoms with E-state index in [2.05, 4.69) is 19.6 Å². The van der Waals surface area contributed by atoms with E-state index in [1.165, 1.54) is 20.3 Å². The molecule has 0 unspecified atom stereocenters. The zero-order valence-corrected chi connectivity index (χ0v) is 19.2. The average Bonchev–Trinajstić information content (AvgIpc) is 2.69. The van der Waals surface area contributed by atoms with Gasteiger partial charge in [-0.1, -0.05) is 19.6 Å². The van der Waals surface area contributed by atoms with E-state index in [4.69, 9.17) is 28.1 Å². The molecule has 0 radical (unpaired) electrons. The van der Waals surface area contributed by atoms with Crippen molar-refractivity contribution >= 4 is 37.6 Å². The largest absolute Gasteiger partial charge is 0.495 e. The smallest absolute Gasteiger partial charge is 0.464 e. The minimum absolute atomic E-state index is 0.0255. The van der Waals surface area contributed by atoms with Crippen LogP contribution in [0.1, 0.15) is 10.4 Å². The monoisotopic (exact) mass is 454 g/mol. The van der Waals surface area contributed by atoms with Crippen molar-refractivity contribution in [3.05, 3.63) is 28.1 Å². The van der Waals surface area contributed by atoms with Gasteiger partial charge in [-0.25, -0.2) is 4.79 Å². The third-order valence-corrected chi connectivity index (χ3v) is 5.94. The van der Waals surface area contributed by atoms with Crippen LogP contribution in [0.2, 0.25) is 25.7 Å². The summed E-state index contributed by atoms with van der Waals surface area (Å²) in [5.74, 6) is -0.889. The maximum absolute atomic E-state index is 13.1. The Morgan fingerprint density at radius 2 is 1.77 bits per heavy atom. The highest BCUT2D eigenvalue weighted by Crippen LogP contribution is 2.37. The lowest BCUT2D eigenvalue weighted by Gasteiger charge is -2.18. The van der Waals surface area contributed by atoms with Gasteiger partial charge >= 0.3 is 13.1 Å². The first-order chi connectivity index (χ1) is 14.6. The molecule has 0 atom stereocenters. The summed E-state index contributed by atoms with van der Waals surface area (Å²) in [7, 11) is -0.786. The molecule has 1 aromatic heterocycles. The lowest BCUT2D eigenvalue weighted by Crippen LogP contribution is -2.41.